The standard InChI is InChI=1S/C8H10FN3O/c9-7-3-5(8(11)12-13)1-2-6(7)4-10/h1-3,13H,4,10H2,(H2,11,12). The molecule has 1 aromatic carbocycles. The monoisotopic (exact) mass is 183 g/mol. The molecular weight excluding hydrogens is 173 g/mol. The molecule has 0 amide bonds. The van der Waals surface area contributed by atoms with E-state index in [1.807, 2.05) is 0 Å². The molecule has 0 unspecified atom stereocenters. The van der Waals surface area contributed by atoms with E-state index in [1.165, 1.54) is 12.1 Å². The highest BCUT2D eigenvalue weighted by Gasteiger charge is 2.04. The Kier molecular flexibility index (Phi) is 2.81. The summed E-state index contributed by atoms with van der Waals surface area (Å²) in [5.74, 6) is -0.575. The molecule has 0 aliphatic carbocycles. The average Bonchev–Trinajstić information content (AvgIpc) is 2.16. The highest BCUT2D eigenvalue weighted by Crippen LogP contribution is 2.09. The lowest BCUT2D eigenvalue weighted by atomic mass is 10.1. The molecule has 0 saturated carbocycles. The number of rotatable bonds is 2. The van der Waals surface area contributed by atoms with E-state index in [0.29, 0.717) is 11.1 Å². The molecule has 0 spiro atoms. The van der Waals surface area contributed by atoms with Crippen molar-refractivity contribution in [3.63, 3.8) is 0 Å². The first-order valence-electron chi connectivity index (χ1n) is 3.65. The maximum absolute atomic E-state index is 13.1. The molecule has 5 heteroatoms. The van der Waals surface area contributed by atoms with Crippen LogP contribution in [0.15, 0.2) is 23.4 Å². The zero-order valence-corrected chi connectivity index (χ0v) is 6.87. The number of nitrogens with two attached hydrogens (primary N) is 2. The van der Waals surface area contributed by atoms with E-state index in [4.69, 9.17) is 16.7 Å². The van der Waals surface area contributed by atoms with E-state index < -0.39 is 5.82 Å². The molecule has 13 heavy (non-hydrogen) atoms. The molecule has 0 atom stereocenters. The number of hydrogen-bond donors (Lipinski definition) is 3. The molecule has 0 bridgehead atoms. The highest BCUT2D eigenvalue weighted by molar-refractivity contribution is 5.97. The lowest BCUT2D eigenvalue weighted by Gasteiger charge is -2.02. The van der Waals surface area contributed by atoms with Gasteiger partial charge in [-0.3, -0.25) is 0 Å². The van der Waals surface area contributed by atoms with Crippen LogP contribution < -0.4 is 11.5 Å². The van der Waals surface area contributed by atoms with E-state index in [2.05, 4.69) is 5.16 Å². The van der Waals surface area contributed by atoms with Gasteiger partial charge in [-0.05, 0) is 6.07 Å². The number of amidine groups is 1. The highest BCUT2D eigenvalue weighted by atomic mass is 19.1. The SMILES string of the molecule is NCc1ccc(/C(N)=N\O)cc1F. The summed E-state index contributed by atoms with van der Waals surface area (Å²) < 4.78 is 13.1. The van der Waals surface area contributed by atoms with E-state index in [-0.39, 0.29) is 12.4 Å². The number of nitrogens with zero attached hydrogens (tertiary/aromatic N) is 1. The van der Waals surface area contributed by atoms with Crippen molar-refractivity contribution >= 4 is 5.84 Å². The molecule has 0 radical (unpaired) electrons. The largest absolute Gasteiger partial charge is 0.409 e. The maximum atomic E-state index is 13.1. The third-order valence-corrected chi connectivity index (χ3v) is 1.68. The molecule has 4 nitrogen and oxygen atoms in total. The molecule has 0 aliphatic heterocycles. The third-order valence-electron chi connectivity index (χ3n) is 1.68. The van der Waals surface area contributed by atoms with Crippen LogP contribution >= 0.6 is 0 Å². The predicted molar refractivity (Wildman–Crippen MR) is 46.8 cm³/mol. The van der Waals surface area contributed by atoms with E-state index in [9.17, 15) is 4.39 Å². The topological polar surface area (TPSA) is 84.6 Å². The Balaban J connectivity index is 3.10. The van der Waals surface area contributed by atoms with Crippen molar-refractivity contribution in [1.82, 2.24) is 0 Å². The van der Waals surface area contributed by atoms with Gasteiger partial charge >= 0.3 is 0 Å². The minimum Gasteiger partial charge on any atom is -0.409 e. The van der Waals surface area contributed by atoms with Crippen molar-refractivity contribution in [3.8, 4) is 0 Å². The normalized spacial score (nSPS) is 11.7. The minimum absolute atomic E-state index is 0.123. The fourth-order valence-corrected chi connectivity index (χ4v) is 0.930. The molecule has 0 heterocycles. The Bertz CT molecular complexity index is 338. The number of halogens is 1. The van der Waals surface area contributed by atoms with Crippen molar-refractivity contribution in [3.05, 3.63) is 35.1 Å². The quantitative estimate of drug-likeness (QED) is 0.268. The summed E-state index contributed by atoms with van der Waals surface area (Å²) in [7, 11) is 0. The lowest BCUT2D eigenvalue weighted by Crippen LogP contribution is -2.14. The summed E-state index contributed by atoms with van der Waals surface area (Å²) in [5.41, 5.74) is 11.2. The Morgan fingerprint density at radius 3 is 2.69 bits per heavy atom. The summed E-state index contributed by atoms with van der Waals surface area (Å²) in [5, 5.41) is 11.1. The van der Waals surface area contributed by atoms with Gasteiger partial charge in [0.1, 0.15) is 5.82 Å². The van der Waals surface area contributed by atoms with Gasteiger partial charge in [-0.1, -0.05) is 17.3 Å². The van der Waals surface area contributed by atoms with E-state index in [0.717, 1.165) is 0 Å². The Morgan fingerprint density at radius 1 is 1.54 bits per heavy atom. The van der Waals surface area contributed by atoms with Crippen LogP contribution in [-0.4, -0.2) is 11.0 Å². The van der Waals surface area contributed by atoms with Gasteiger partial charge < -0.3 is 16.7 Å². The number of oxime groups is 1. The van der Waals surface area contributed by atoms with Gasteiger partial charge in [-0.15, -0.1) is 0 Å². The van der Waals surface area contributed by atoms with Crippen LogP contribution in [0.4, 0.5) is 4.39 Å². The molecule has 1 rings (SSSR count). The molecule has 0 fully saturated rings. The molecule has 5 N–H and O–H groups in total. The Hall–Kier alpha value is -1.62. The summed E-state index contributed by atoms with van der Waals surface area (Å²) >= 11 is 0. The van der Waals surface area contributed by atoms with Crippen LogP contribution in [0, 0.1) is 5.82 Å². The minimum atomic E-state index is -0.452. The molecule has 1 aromatic rings. The third kappa shape index (κ3) is 1.94. The fourth-order valence-electron chi connectivity index (χ4n) is 0.930. The molecule has 70 valence electrons. The van der Waals surface area contributed by atoms with Crippen LogP contribution in [0.3, 0.4) is 0 Å². The van der Waals surface area contributed by atoms with Gasteiger partial charge in [0.25, 0.3) is 0 Å². The molecule has 0 aromatic heterocycles. The van der Waals surface area contributed by atoms with E-state index in [1.54, 1.807) is 6.07 Å². The first-order valence-corrected chi connectivity index (χ1v) is 3.65. The summed E-state index contributed by atoms with van der Waals surface area (Å²) in [6.45, 7) is 0.127. The van der Waals surface area contributed by atoms with Crippen LogP contribution in [0.25, 0.3) is 0 Å². The van der Waals surface area contributed by atoms with Crippen molar-refractivity contribution in [1.29, 1.82) is 0 Å². The molecule has 0 aliphatic rings. The van der Waals surface area contributed by atoms with Crippen molar-refractivity contribution < 1.29 is 9.60 Å². The van der Waals surface area contributed by atoms with Gasteiger partial charge in [0.15, 0.2) is 5.84 Å². The Labute approximate surface area is 74.7 Å². The van der Waals surface area contributed by atoms with Crippen molar-refractivity contribution in [2.24, 2.45) is 16.6 Å². The fraction of sp³-hybridized carbons (Fsp3) is 0.125. The Morgan fingerprint density at radius 2 is 2.23 bits per heavy atom. The molecule has 0 saturated heterocycles. The predicted octanol–water partition coefficient (Wildman–Crippen LogP) is 0.379. The first kappa shape index (κ1) is 9.47. The van der Waals surface area contributed by atoms with Crippen LogP contribution in [0.1, 0.15) is 11.1 Å². The number of benzene rings is 1. The van der Waals surface area contributed by atoms with E-state index >= 15 is 0 Å². The maximum Gasteiger partial charge on any atom is 0.170 e. The zero-order chi connectivity index (χ0) is 9.84. The van der Waals surface area contributed by atoms with Crippen LogP contribution in [-0.2, 0) is 6.54 Å². The first-order chi connectivity index (χ1) is 6.19. The average molecular weight is 183 g/mol. The summed E-state index contributed by atoms with van der Waals surface area (Å²) in [6.07, 6.45) is 0. The number of hydrogen-bond acceptors (Lipinski definition) is 3. The molecular formula is C8H10FN3O. The van der Waals surface area contributed by atoms with Gasteiger partial charge in [-0.25, -0.2) is 4.39 Å². The smallest absolute Gasteiger partial charge is 0.170 e. The second-order valence-electron chi connectivity index (χ2n) is 2.50. The van der Waals surface area contributed by atoms with Gasteiger partial charge in [0, 0.05) is 17.7 Å². The van der Waals surface area contributed by atoms with Gasteiger partial charge in [0.2, 0.25) is 0 Å². The van der Waals surface area contributed by atoms with Crippen molar-refractivity contribution in [2.45, 2.75) is 6.54 Å². The van der Waals surface area contributed by atoms with Crippen LogP contribution in [0.5, 0.6) is 0 Å². The second-order valence-corrected chi connectivity index (χ2v) is 2.50. The van der Waals surface area contributed by atoms with Gasteiger partial charge in [0.05, 0.1) is 0 Å². The van der Waals surface area contributed by atoms with Gasteiger partial charge in [-0.2, -0.15) is 0 Å². The lowest BCUT2D eigenvalue weighted by molar-refractivity contribution is 0.318. The van der Waals surface area contributed by atoms with Crippen molar-refractivity contribution in [2.75, 3.05) is 0 Å². The summed E-state index contributed by atoms with van der Waals surface area (Å²) in [4.78, 5) is 0. The van der Waals surface area contributed by atoms with Crippen LogP contribution in [0.2, 0.25) is 0 Å². The zero-order valence-electron chi connectivity index (χ0n) is 6.87. The summed E-state index contributed by atoms with van der Waals surface area (Å²) in [6, 6.07) is 4.22. The second kappa shape index (κ2) is 3.86.